The highest BCUT2D eigenvalue weighted by Gasteiger charge is 2.07. The van der Waals surface area contributed by atoms with E-state index in [2.05, 4.69) is 40.6 Å². The summed E-state index contributed by atoms with van der Waals surface area (Å²) in [6.07, 6.45) is 3.31. The van der Waals surface area contributed by atoms with Crippen LogP contribution in [-0.2, 0) is 6.42 Å². The van der Waals surface area contributed by atoms with Gasteiger partial charge < -0.3 is 5.32 Å². The predicted molar refractivity (Wildman–Crippen MR) is 70.2 cm³/mol. The van der Waals surface area contributed by atoms with Crippen LogP contribution in [0, 0.1) is 0 Å². The lowest BCUT2D eigenvalue weighted by Gasteiger charge is -2.06. The normalized spacial score (nSPS) is 10.9. The first-order valence-electron chi connectivity index (χ1n) is 5.83. The zero-order valence-corrected chi connectivity index (χ0v) is 10.6. The quantitative estimate of drug-likeness (QED) is 0.862. The third kappa shape index (κ3) is 2.32. The first-order chi connectivity index (χ1) is 7.85. The van der Waals surface area contributed by atoms with Crippen molar-refractivity contribution in [2.45, 2.75) is 33.1 Å². The van der Waals surface area contributed by atoms with Crippen molar-refractivity contribution in [1.82, 2.24) is 9.97 Å². The molecule has 0 aromatic carbocycles. The van der Waals surface area contributed by atoms with Gasteiger partial charge in [0.25, 0.3) is 0 Å². The van der Waals surface area contributed by atoms with E-state index in [4.69, 9.17) is 0 Å². The van der Waals surface area contributed by atoms with Crippen LogP contribution in [0.15, 0.2) is 11.4 Å². The molecule has 2 heterocycles. The Kier molecular flexibility index (Phi) is 3.72. The van der Waals surface area contributed by atoms with Crippen LogP contribution in [-0.4, -0.2) is 16.5 Å². The second-order valence-corrected chi connectivity index (χ2v) is 4.66. The maximum absolute atomic E-state index is 4.58. The molecule has 0 aliphatic rings. The van der Waals surface area contributed by atoms with Gasteiger partial charge in [-0.05, 0) is 24.8 Å². The fourth-order valence-electron chi connectivity index (χ4n) is 1.65. The minimum absolute atomic E-state index is 0.898. The molecule has 0 fully saturated rings. The van der Waals surface area contributed by atoms with E-state index in [9.17, 15) is 0 Å². The number of fused-ring (bicyclic) bond motifs is 1. The number of aromatic nitrogens is 2. The van der Waals surface area contributed by atoms with Gasteiger partial charge in [-0.2, -0.15) is 0 Å². The molecule has 0 radical (unpaired) electrons. The maximum Gasteiger partial charge on any atom is 0.138 e. The maximum atomic E-state index is 4.58. The summed E-state index contributed by atoms with van der Waals surface area (Å²) in [6, 6.07) is 2.08. The Morgan fingerprint density at radius 2 is 2.19 bits per heavy atom. The average molecular weight is 235 g/mol. The summed E-state index contributed by atoms with van der Waals surface area (Å²) in [5, 5.41) is 6.53. The van der Waals surface area contributed by atoms with E-state index >= 15 is 0 Å². The Balaban J connectivity index is 2.36. The molecule has 2 aromatic rings. The summed E-state index contributed by atoms with van der Waals surface area (Å²) in [5.41, 5.74) is 0. The van der Waals surface area contributed by atoms with Gasteiger partial charge in [0.1, 0.15) is 16.5 Å². The van der Waals surface area contributed by atoms with Crippen LogP contribution < -0.4 is 5.32 Å². The van der Waals surface area contributed by atoms with Gasteiger partial charge in [-0.3, -0.25) is 0 Å². The molecule has 86 valence electrons. The molecule has 3 nitrogen and oxygen atoms in total. The molecule has 0 atom stereocenters. The molecule has 0 aliphatic carbocycles. The molecule has 2 rings (SSSR count). The van der Waals surface area contributed by atoms with Gasteiger partial charge in [-0.15, -0.1) is 11.3 Å². The molecule has 0 bridgehead atoms. The zero-order valence-electron chi connectivity index (χ0n) is 9.79. The van der Waals surface area contributed by atoms with Crippen LogP contribution in [0.5, 0.6) is 0 Å². The topological polar surface area (TPSA) is 37.8 Å². The van der Waals surface area contributed by atoms with Crippen molar-refractivity contribution in [1.29, 1.82) is 0 Å². The number of thiophene rings is 1. The lowest BCUT2D eigenvalue weighted by molar-refractivity contribution is 0.758. The number of rotatable bonds is 5. The summed E-state index contributed by atoms with van der Waals surface area (Å²) in [5.74, 6) is 1.95. The molecule has 0 unspecified atom stereocenters. The molecule has 0 aliphatic heterocycles. The van der Waals surface area contributed by atoms with E-state index in [1.54, 1.807) is 11.3 Å². The van der Waals surface area contributed by atoms with Crippen molar-refractivity contribution >= 4 is 27.4 Å². The number of anilines is 1. The standard InChI is InChI=1S/C12H17N3S/c1-3-5-6-10-14-11(13-4-2)9-7-8-16-12(9)15-10/h7-8H,3-6H2,1-2H3,(H,13,14,15). The van der Waals surface area contributed by atoms with Gasteiger partial charge in [0.05, 0.1) is 5.39 Å². The summed E-state index contributed by atoms with van der Waals surface area (Å²) < 4.78 is 0. The fourth-order valence-corrected chi connectivity index (χ4v) is 2.43. The van der Waals surface area contributed by atoms with E-state index < -0.39 is 0 Å². The van der Waals surface area contributed by atoms with Crippen molar-refractivity contribution in [3.05, 3.63) is 17.3 Å². The summed E-state index contributed by atoms with van der Waals surface area (Å²) in [6.45, 7) is 5.18. The molecule has 0 saturated heterocycles. The highest BCUT2D eigenvalue weighted by Crippen LogP contribution is 2.25. The largest absolute Gasteiger partial charge is 0.370 e. The lowest BCUT2D eigenvalue weighted by Crippen LogP contribution is -2.03. The third-order valence-electron chi connectivity index (χ3n) is 2.47. The molecule has 16 heavy (non-hydrogen) atoms. The monoisotopic (exact) mass is 235 g/mol. The number of hydrogen-bond donors (Lipinski definition) is 1. The Morgan fingerprint density at radius 3 is 2.94 bits per heavy atom. The van der Waals surface area contributed by atoms with Gasteiger partial charge in [0, 0.05) is 13.0 Å². The minimum atomic E-state index is 0.898. The third-order valence-corrected chi connectivity index (χ3v) is 3.28. The number of nitrogens with zero attached hydrogens (tertiary/aromatic N) is 2. The van der Waals surface area contributed by atoms with Crippen LogP contribution in [0.4, 0.5) is 5.82 Å². The van der Waals surface area contributed by atoms with Gasteiger partial charge in [0.2, 0.25) is 0 Å². The van der Waals surface area contributed by atoms with Gasteiger partial charge in [0.15, 0.2) is 0 Å². The first-order valence-corrected chi connectivity index (χ1v) is 6.71. The Morgan fingerprint density at radius 1 is 1.31 bits per heavy atom. The highest BCUT2D eigenvalue weighted by molar-refractivity contribution is 7.16. The Hall–Kier alpha value is -1.16. The van der Waals surface area contributed by atoms with Crippen molar-refractivity contribution in [3.8, 4) is 0 Å². The second kappa shape index (κ2) is 5.25. The summed E-state index contributed by atoms with van der Waals surface area (Å²) in [4.78, 5) is 10.3. The smallest absolute Gasteiger partial charge is 0.138 e. The molecule has 0 spiro atoms. The molecular formula is C12H17N3S. The first kappa shape index (κ1) is 11.3. The van der Waals surface area contributed by atoms with E-state index in [1.807, 2.05) is 0 Å². The Labute approximate surface area is 99.9 Å². The van der Waals surface area contributed by atoms with Crippen molar-refractivity contribution in [2.24, 2.45) is 0 Å². The SMILES string of the molecule is CCCCc1nc(NCC)c2ccsc2n1. The van der Waals surface area contributed by atoms with E-state index in [1.165, 1.54) is 6.42 Å². The molecule has 0 amide bonds. The summed E-state index contributed by atoms with van der Waals surface area (Å²) >= 11 is 1.68. The number of nitrogens with one attached hydrogen (secondary N) is 1. The van der Waals surface area contributed by atoms with Crippen molar-refractivity contribution < 1.29 is 0 Å². The van der Waals surface area contributed by atoms with Crippen LogP contribution in [0.1, 0.15) is 32.5 Å². The highest BCUT2D eigenvalue weighted by atomic mass is 32.1. The average Bonchev–Trinajstić information content (AvgIpc) is 2.75. The van der Waals surface area contributed by atoms with Crippen LogP contribution in [0.2, 0.25) is 0 Å². The lowest BCUT2D eigenvalue weighted by atomic mass is 10.2. The molecule has 2 aromatic heterocycles. The number of unbranched alkanes of at least 4 members (excludes halogenated alkanes) is 1. The Bertz CT molecular complexity index is 464. The van der Waals surface area contributed by atoms with Crippen molar-refractivity contribution in [2.75, 3.05) is 11.9 Å². The van der Waals surface area contributed by atoms with E-state index in [0.717, 1.165) is 41.2 Å². The van der Waals surface area contributed by atoms with Crippen LogP contribution in [0.3, 0.4) is 0 Å². The van der Waals surface area contributed by atoms with Crippen LogP contribution >= 0.6 is 11.3 Å². The molecule has 0 saturated carbocycles. The van der Waals surface area contributed by atoms with Gasteiger partial charge in [-0.25, -0.2) is 9.97 Å². The fraction of sp³-hybridized carbons (Fsp3) is 0.500. The summed E-state index contributed by atoms with van der Waals surface area (Å²) in [7, 11) is 0. The van der Waals surface area contributed by atoms with Gasteiger partial charge in [-0.1, -0.05) is 13.3 Å². The predicted octanol–water partition coefficient (Wildman–Crippen LogP) is 3.47. The molecule has 1 N–H and O–H groups in total. The zero-order chi connectivity index (χ0) is 11.4. The van der Waals surface area contributed by atoms with E-state index in [0.29, 0.717) is 0 Å². The number of aryl methyl sites for hydroxylation is 1. The minimum Gasteiger partial charge on any atom is -0.370 e. The van der Waals surface area contributed by atoms with Crippen molar-refractivity contribution in [3.63, 3.8) is 0 Å². The molecule has 4 heteroatoms. The number of hydrogen-bond acceptors (Lipinski definition) is 4. The second-order valence-electron chi connectivity index (χ2n) is 3.76. The molecular weight excluding hydrogens is 218 g/mol. The van der Waals surface area contributed by atoms with Crippen LogP contribution in [0.25, 0.3) is 10.2 Å². The van der Waals surface area contributed by atoms with E-state index in [-0.39, 0.29) is 0 Å². The van der Waals surface area contributed by atoms with Gasteiger partial charge >= 0.3 is 0 Å².